The van der Waals surface area contributed by atoms with Crippen molar-refractivity contribution >= 4 is 0 Å². The molecule has 0 bridgehead atoms. The van der Waals surface area contributed by atoms with Gasteiger partial charge in [-0.3, -0.25) is 0 Å². The molecule has 68 valence electrons. The summed E-state index contributed by atoms with van der Waals surface area (Å²) in [5, 5.41) is 0. The molecular formula is C12H18Li2. The molecule has 0 aromatic heterocycles. The Kier molecular flexibility index (Phi) is 11.0. The maximum Gasteiger partial charge on any atom is 1.00 e. The first kappa shape index (κ1) is 20.0. The zero-order valence-corrected chi connectivity index (χ0v) is 11.0. The van der Waals surface area contributed by atoms with Crippen LogP contribution in [0.25, 0.3) is 0 Å². The third-order valence-corrected chi connectivity index (χ3v) is 0.938. The maximum atomic E-state index is 3.07. The van der Waals surface area contributed by atoms with Gasteiger partial charge in [0.15, 0.2) is 0 Å². The van der Waals surface area contributed by atoms with Gasteiger partial charge in [-0.25, -0.2) is 0 Å². The van der Waals surface area contributed by atoms with Crippen LogP contribution in [0.3, 0.4) is 0 Å². The first-order chi connectivity index (χ1) is 5.21. The standard InChI is InChI=1S/C12H18.2Li/c1-11(2,3)9-7-8-10-12(4,5)6;;/h1-6H3;;/q-2;2*+1. The third-order valence-electron chi connectivity index (χ3n) is 0.938. The van der Waals surface area contributed by atoms with Crippen LogP contribution >= 0.6 is 0 Å². The summed E-state index contributed by atoms with van der Waals surface area (Å²) < 4.78 is 0. The zero-order chi connectivity index (χ0) is 9.83. The summed E-state index contributed by atoms with van der Waals surface area (Å²) in [5.74, 6) is 0. The fourth-order valence-electron chi connectivity index (χ4n) is 0.438. The Bertz CT molecular complexity index is 200. The second kappa shape index (κ2) is 7.74. The third kappa shape index (κ3) is 18.3. The van der Waals surface area contributed by atoms with Gasteiger partial charge in [-0.15, -0.1) is 10.8 Å². The molecule has 0 rings (SSSR count). The van der Waals surface area contributed by atoms with Crippen molar-refractivity contribution in [1.29, 1.82) is 0 Å². The molecule has 0 atom stereocenters. The average Bonchev–Trinajstić information content (AvgIpc) is 1.76. The normalized spacial score (nSPS) is 9.86. The molecule has 0 radical (unpaired) electrons. The van der Waals surface area contributed by atoms with Gasteiger partial charge in [-0.1, -0.05) is 41.5 Å². The molecule has 0 aromatic rings. The van der Waals surface area contributed by atoms with Crippen LogP contribution < -0.4 is 37.7 Å². The molecule has 0 aliphatic heterocycles. The van der Waals surface area contributed by atoms with Crippen molar-refractivity contribution in [3.8, 4) is 0 Å². The summed E-state index contributed by atoms with van der Waals surface area (Å²) in [5.41, 5.74) is 5.87. The predicted molar refractivity (Wildman–Crippen MR) is 52.4 cm³/mol. The smallest absolute Gasteiger partial charge is 0.533 e. The van der Waals surface area contributed by atoms with E-state index in [0.717, 1.165) is 0 Å². The van der Waals surface area contributed by atoms with E-state index in [0.29, 0.717) is 0 Å². The zero-order valence-electron chi connectivity index (χ0n) is 11.0. The van der Waals surface area contributed by atoms with Crippen molar-refractivity contribution in [1.82, 2.24) is 0 Å². The minimum atomic E-state index is 0. The van der Waals surface area contributed by atoms with Crippen LogP contribution in [0, 0.1) is 23.0 Å². The molecular weight excluding hydrogens is 158 g/mol. The summed E-state index contributed by atoms with van der Waals surface area (Å²) in [6.45, 7) is 12.5. The monoisotopic (exact) mass is 176 g/mol. The summed E-state index contributed by atoms with van der Waals surface area (Å²) in [6, 6.07) is 0. The van der Waals surface area contributed by atoms with Crippen molar-refractivity contribution in [2.75, 3.05) is 0 Å². The number of hydrogen-bond donors (Lipinski definition) is 0. The van der Waals surface area contributed by atoms with Gasteiger partial charge < -0.3 is 23.6 Å². The SMILES string of the molecule is CC(C)(C)[C-]=C=C=[C-]C(C)(C)C.[Li+].[Li+]. The van der Waals surface area contributed by atoms with Gasteiger partial charge in [-0.2, -0.15) is 0 Å². The van der Waals surface area contributed by atoms with Crippen molar-refractivity contribution in [3.63, 3.8) is 0 Å². The molecule has 0 saturated carbocycles. The summed E-state index contributed by atoms with van der Waals surface area (Å²) in [7, 11) is 0. The van der Waals surface area contributed by atoms with Gasteiger partial charge >= 0.3 is 37.7 Å². The van der Waals surface area contributed by atoms with Crippen LogP contribution in [0.15, 0.2) is 11.5 Å². The fourth-order valence-corrected chi connectivity index (χ4v) is 0.438. The maximum absolute atomic E-state index is 3.07. The van der Waals surface area contributed by atoms with E-state index >= 15 is 0 Å². The van der Waals surface area contributed by atoms with Crippen molar-refractivity contribution in [2.24, 2.45) is 10.8 Å². The van der Waals surface area contributed by atoms with Crippen LogP contribution in [0.5, 0.6) is 0 Å². The van der Waals surface area contributed by atoms with Gasteiger partial charge in [-0.05, 0) is 0 Å². The average molecular weight is 176 g/mol. The van der Waals surface area contributed by atoms with E-state index in [1.807, 2.05) is 0 Å². The molecule has 0 unspecified atom stereocenters. The van der Waals surface area contributed by atoms with E-state index in [2.05, 4.69) is 65.2 Å². The molecule has 0 aliphatic carbocycles. The van der Waals surface area contributed by atoms with Crippen molar-refractivity contribution in [3.05, 3.63) is 23.6 Å². The second-order valence-corrected chi connectivity index (χ2v) is 5.00. The molecule has 0 aromatic carbocycles. The Hall–Kier alpha value is 0.495. The number of hydrogen-bond acceptors (Lipinski definition) is 0. The molecule has 0 heterocycles. The quantitative estimate of drug-likeness (QED) is 0.218. The Morgan fingerprint density at radius 3 is 1.00 bits per heavy atom. The molecule has 0 N–H and O–H groups in total. The van der Waals surface area contributed by atoms with E-state index in [-0.39, 0.29) is 48.6 Å². The van der Waals surface area contributed by atoms with Crippen LogP contribution in [0.4, 0.5) is 0 Å². The first-order valence-electron chi connectivity index (χ1n) is 4.25. The molecule has 0 nitrogen and oxygen atoms in total. The molecule has 0 fully saturated rings. The molecule has 0 aliphatic rings. The molecule has 14 heavy (non-hydrogen) atoms. The first-order valence-corrected chi connectivity index (χ1v) is 4.25. The molecule has 0 saturated heterocycles. The van der Waals surface area contributed by atoms with Crippen LogP contribution in [0.2, 0.25) is 0 Å². The van der Waals surface area contributed by atoms with E-state index in [1.165, 1.54) is 0 Å². The molecule has 0 spiro atoms. The van der Waals surface area contributed by atoms with Gasteiger partial charge in [0.1, 0.15) is 0 Å². The van der Waals surface area contributed by atoms with Crippen LogP contribution in [0.1, 0.15) is 41.5 Å². The summed E-state index contributed by atoms with van der Waals surface area (Å²) >= 11 is 0. The van der Waals surface area contributed by atoms with Gasteiger partial charge in [0, 0.05) is 0 Å². The van der Waals surface area contributed by atoms with E-state index in [1.54, 1.807) is 0 Å². The van der Waals surface area contributed by atoms with Gasteiger partial charge in [0.2, 0.25) is 0 Å². The summed E-state index contributed by atoms with van der Waals surface area (Å²) in [4.78, 5) is 0. The van der Waals surface area contributed by atoms with Gasteiger partial charge in [0.25, 0.3) is 0 Å². The molecule has 2 heteroatoms. The number of rotatable bonds is 0. The Balaban J connectivity index is -0.000000605. The predicted octanol–water partition coefficient (Wildman–Crippen LogP) is -2.44. The fraction of sp³-hybridized carbons (Fsp3) is 0.667. The van der Waals surface area contributed by atoms with E-state index in [9.17, 15) is 0 Å². The van der Waals surface area contributed by atoms with Crippen LogP contribution in [-0.4, -0.2) is 0 Å². The largest absolute Gasteiger partial charge is 1.00 e. The minimum Gasteiger partial charge on any atom is -0.533 e. The van der Waals surface area contributed by atoms with E-state index < -0.39 is 0 Å². The minimum absolute atomic E-state index is 0. The number of allylic oxidation sites excluding steroid dienone is 2. The Labute approximate surface area is 113 Å². The van der Waals surface area contributed by atoms with E-state index in [4.69, 9.17) is 0 Å². The second-order valence-electron chi connectivity index (χ2n) is 5.00. The van der Waals surface area contributed by atoms with Gasteiger partial charge in [0.05, 0.1) is 0 Å². The van der Waals surface area contributed by atoms with Crippen LogP contribution in [-0.2, 0) is 0 Å². The Morgan fingerprint density at radius 1 is 0.643 bits per heavy atom. The topological polar surface area (TPSA) is 0 Å². The van der Waals surface area contributed by atoms with Crippen molar-refractivity contribution in [2.45, 2.75) is 41.5 Å². The van der Waals surface area contributed by atoms with Crippen molar-refractivity contribution < 1.29 is 37.7 Å². The summed E-state index contributed by atoms with van der Waals surface area (Å²) in [6.07, 6.45) is 6.14. The Morgan fingerprint density at radius 2 is 0.857 bits per heavy atom. The molecule has 0 amide bonds.